The molecule has 1 unspecified atom stereocenters. The van der Waals surface area contributed by atoms with E-state index >= 15 is 0 Å². The third kappa shape index (κ3) is 5.66. The lowest BCUT2D eigenvalue weighted by atomic mass is 9.73. The maximum Gasteiger partial charge on any atom is 0.126 e. The smallest absolute Gasteiger partial charge is 0.126 e. The molecule has 6 N–H and O–H groups in total. The van der Waals surface area contributed by atoms with Crippen LogP contribution in [0.15, 0.2) is 61.2 Å². The molecule has 2 aromatic carbocycles. The van der Waals surface area contributed by atoms with Crippen LogP contribution in [0.4, 0.5) is 0 Å². The molecule has 8 heteroatoms. The van der Waals surface area contributed by atoms with E-state index in [0.717, 1.165) is 6.08 Å². The molecule has 2 rings (SSSR count). The average Bonchev–Trinajstić information content (AvgIpc) is 2.83. The number of ether oxygens (including phenoxy) is 2. The monoisotopic (exact) mass is 448 g/mol. The van der Waals surface area contributed by atoms with Crippen LogP contribution in [0.25, 0.3) is 0 Å². The van der Waals surface area contributed by atoms with Gasteiger partial charge in [0.1, 0.15) is 41.0 Å². The molecule has 0 aliphatic carbocycles. The van der Waals surface area contributed by atoms with Crippen LogP contribution in [0, 0.1) is 0 Å². The SMILES string of the molecule is C=CC(O)(Cc1ccc(OC)cc1)[C@@H](O)[C@@](O)(Cc1ccc(OC)cc1)[C@H](O)[C@@H](O)CO. The van der Waals surface area contributed by atoms with Crippen LogP contribution in [0.3, 0.4) is 0 Å². The van der Waals surface area contributed by atoms with Gasteiger partial charge in [-0.3, -0.25) is 0 Å². The van der Waals surface area contributed by atoms with Crippen molar-refractivity contribution in [2.75, 3.05) is 20.8 Å². The van der Waals surface area contributed by atoms with Gasteiger partial charge in [0.15, 0.2) is 0 Å². The normalized spacial score (nSPS) is 18.0. The summed E-state index contributed by atoms with van der Waals surface area (Å²) in [6.07, 6.45) is -5.12. The lowest BCUT2D eigenvalue weighted by Crippen LogP contribution is -2.66. The zero-order valence-corrected chi connectivity index (χ0v) is 18.3. The van der Waals surface area contributed by atoms with Gasteiger partial charge >= 0.3 is 0 Å². The topological polar surface area (TPSA) is 140 Å². The van der Waals surface area contributed by atoms with Crippen LogP contribution >= 0.6 is 0 Å². The van der Waals surface area contributed by atoms with Crippen molar-refractivity contribution in [3.05, 3.63) is 72.3 Å². The Hall–Kier alpha value is -2.46. The molecule has 0 radical (unpaired) electrons. The molecule has 0 amide bonds. The van der Waals surface area contributed by atoms with Crippen LogP contribution in [0.5, 0.6) is 11.5 Å². The van der Waals surface area contributed by atoms with E-state index in [9.17, 15) is 30.6 Å². The molecule has 0 aromatic heterocycles. The van der Waals surface area contributed by atoms with Gasteiger partial charge in [0.2, 0.25) is 0 Å². The Labute approximate surface area is 187 Å². The molecule has 0 fully saturated rings. The zero-order valence-electron chi connectivity index (χ0n) is 18.3. The van der Waals surface area contributed by atoms with Gasteiger partial charge < -0.3 is 40.1 Å². The minimum Gasteiger partial charge on any atom is -0.497 e. The van der Waals surface area contributed by atoms with Crippen molar-refractivity contribution in [2.45, 2.75) is 42.4 Å². The van der Waals surface area contributed by atoms with Gasteiger partial charge in [0.25, 0.3) is 0 Å². The summed E-state index contributed by atoms with van der Waals surface area (Å²) in [5.41, 5.74) is -3.42. The second-order valence-corrected chi connectivity index (χ2v) is 7.83. The first kappa shape index (κ1) is 25.8. The largest absolute Gasteiger partial charge is 0.497 e. The molecule has 0 saturated heterocycles. The highest BCUT2D eigenvalue weighted by molar-refractivity contribution is 5.32. The van der Waals surface area contributed by atoms with Crippen LogP contribution in [-0.2, 0) is 12.8 Å². The first-order valence-electron chi connectivity index (χ1n) is 10.1. The highest BCUT2D eigenvalue weighted by Crippen LogP contribution is 2.33. The Morgan fingerprint density at radius 1 is 0.844 bits per heavy atom. The molecule has 0 aliphatic heterocycles. The van der Waals surface area contributed by atoms with Crippen LogP contribution in [0.1, 0.15) is 11.1 Å². The second-order valence-electron chi connectivity index (χ2n) is 7.83. The summed E-state index contributed by atoms with van der Waals surface area (Å²) in [6.45, 7) is 2.74. The molecule has 32 heavy (non-hydrogen) atoms. The Balaban J connectivity index is 2.42. The number of aliphatic hydroxyl groups is 6. The molecule has 5 atom stereocenters. The quantitative estimate of drug-likeness (QED) is 0.253. The number of methoxy groups -OCH3 is 2. The van der Waals surface area contributed by atoms with Gasteiger partial charge in [-0.25, -0.2) is 0 Å². The number of benzene rings is 2. The van der Waals surface area contributed by atoms with Gasteiger partial charge in [0, 0.05) is 12.8 Å². The molecule has 0 bridgehead atoms. The summed E-state index contributed by atoms with van der Waals surface area (Å²) in [4.78, 5) is 0. The van der Waals surface area contributed by atoms with Crippen LogP contribution < -0.4 is 9.47 Å². The first-order chi connectivity index (χ1) is 15.1. The fraction of sp³-hybridized carbons (Fsp3) is 0.417. The van der Waals surface area contributed by atoms with Crippen LogP contribution in [-0.4, -0.2) is 81.0 Å². The van der Waals surface area contributed by atoms with Gasteiger partial charge in [-0.2, -0.15) is 0 Å². The molecule has 0 aliphatic rings. The van der Waals surface area contributed by atoms with Gasteiger partial charge in [0.05, 0.1) is 20.8 Å². The fourth-order valence-electron chi connectivity index (χ4n) is 3.65. The van der Waals surface area contributed by atoms with Crippen molar-refractivity contribution in [1.29, 1.82) is 0 Å². The molecular weight excluding hydrogens is 416 g/mol. The Morgan fingerprint density at radius 2 is 1.28 bits per heavy atom. The minimum absolute atomic E-state index is 0.144. The molecule has 0 heterocycles. The number of aliphatic hydroxyl groups excluding tert-OH is 4. The van der Waals surface area contributed by atoms with Gasteiger partial charge in [-0.05, 0) is 35.4 Å². The standard InChI is InChI=1S/C24H32O8/c1-4-23(29,13-16-5-9-18(31-2)10-6-16)22(28)24(30,21(27)20(26)15-25)14-17-7-11-19(32-3)12-8-17/h4-12,20-22,25-30H,1,13-15H2,2-3H3/t20-,21+,22+,23?,24+/m0/s1. The summed E-state index contributed by atoms with van der Waals surface area (Å²) in [5.74, 6) is 1.17. The molecule has 8 nitrogen and oxygen atoms in total. The van der Waals surface area contributed by atoms with E-state index in [1.165, 1.54) is 14.2 Å². The van der Waals surface area contributed by atoms with E-state index < -0.39 is 36.1 Å². The fourth-order valence-corrected chi connectivity index (χ4v) is 3.65. The lowest BCUT2D eigenvalue weighted by molar-refractivity contribution is -0.218. The van der Waals surface area contributed by atoms with Crippen molar-refractivity contribution in [2.24, 2.45) is 0 Å². The number of hydrogen-bond acceptors (Lipinski definition) is 8. The second kappa shape index (κ2) is 10.9. The summed E-state index contributed by atoms with van der Waals surface area (Å²) < 4.78 is 10.2. The maximum absolute atomic E-state index is 11.4. The Bertz CT molecular complexity index is 853. The van der Waals surface area contributed by atoms with Gasteiger partial charge in [-0.15, -0.1) is 6.58 Å². The minimum atomic E-state index is -2.44. The predicted octanol–water partition coefficient (Wildman–Crippen LogP) is 0.212. The average molecular weight is 449 g/mol. The van der Waals surface area contributed by atoms with E-state index in [2.05, 4.69) is 6.58 Å². The highest BCUT2D eigenvalue weighted by Gasteiger charge is 2.53. The van der Waals surface area contributed by atoms with E-state index in [-0.39, 0.29) is 12.8 Å². The molecule has 2 aromatic rings. The summed E-state index contributed by atoms with van der Waals surface area (Å²) in [6, 6.07) is 13.2. The molecular formula is C24H32O8. The third-order valence-corrected chi connectivity index (χ3v) is 5.66. The van der Waals surface area contributed by atoms with E-state index in [0.29, 0.717) is 22.6 Å². The molecule has 0 spiro atoms. The van der Waals surface area contributed by atoms with Gasteiger partial charge in [-0.1, -0.05) is 30.3 Å². The number of rotatable bonds is 12. The lowest BCUT2D eigenvalue weighted by Gasteiger charge is -2.45. The first-order valence-corrected chi connectivity index (χ1v) is 10.1. The van der Waals surface area contributed by atoms with Crippen molar-refractivity contribution >= 4 is 0 Å². The van der Waals surface area contributed by atoms with Crippen molar-refractivity contribution in [1.82, 2.24) is 0 Å². The molecule has 0 saturated carbocycles. The number of hydrogen-bond donors (Lipinski definition) is 6. The predicted molar refractivity (Wildman–Crippen MR) is 119 cm³/mol. The van der Waals surface area contributed by atoms with Crippen molar-refractivity contribution in [3.63, 3.8) is 0 Å². The van der Waals surface area contributed by atoms with E-state index in [1.807, 2.05) is 0 Å². The Morgan fingerprint density at radius 3 is 1.66 bits per heavy atom. The van der Waals surface area contributed by atoms with E-state index in [1.54, 1.807) is 48.5 Å². The summed E-state index contributed by atoms with van der Waals surface area (Å²) in [7, 11) is 3.02. The maximum atomic E-state index is 11.4. The Kier molecular flexibility index (Phi) is 8.80. The summed E-state index contributed by atoms with van der Waals surface area (Å²) >= 11 is 0. The molecule has 176 valence electrons. The highest BCUT2D eigenvalue weighted by atomic mass is 16.5. The van der Waals surface area contributed by atoms with Crippen molar-refractivity contribution < 1.29 is 40.1 Å². The third-order valence-electron chi connectivity index (χ3n) is 5.66. The van der Waals surface area contributed by atoms with Crippen molar-refractivity contribution in [3.8, 4) is 11.5 Å². The summed E-state index contributed by atoms with van der Waals surface area (Å²) in [5, 5.41) is 63.8. The zero-order chi connectivity index (χ0) is 23.9. The van der Waals surface area contributed by atoms with Crippen LogP contribution in [0.2, 0.25) is 0 Å². The van der Waals surface area contributed by atoms with E-state index in [4.69, 9.17) is 9.47 Å².